The van der Waals surface area contributed by atoms with Crippen molar-refractivity contribution in [3.05, 3.63) is 75.8 Å². The number of halogens is 1. The molecule has 2 unspecified atom stereocenters. The number of esters is 1. The summed E-state index contributed by atoms with van der Waals surface area (Å²) in [6, 6.07) is 15.1. The van der Waals surface area contributed by atoms with Crippen molar-refractivity contribution in [1.29, 1.82) is 0 Å². The third-order valence-electron chi connectivity index (χ3n) is 5.73. The van der Waals surface area contributed by atoms with Crippen LogP contribution >= 0.6 is 11.6 Å². The van der Waals surface area contributed by atoms with Gasteiger partial charge in [-0.05, 0) is 47.9 Å². The van der Waals surface area contributed by atoms with E-state index in [4.69, 9.17) is 31.9 Å². The summed E-state index contributed by atoms with van der Waals surface area (Å²) < 4.78 is 4.86. The zero-order valence-electron chi connectivity index (χ0n) is 17.4. The van der Waals surface area contributed by atoms with Crippen molar-refractivity contribution in [3.63, 3.8) is 0 Å². The summed E-state index contributed by atoms with van der Waals surface area (Å²) in [5.41, 5.74) is 3.35. The first-order valence-electron chi connectivity index (χ1n) is 9.50. The SMILES string of the molecule is CON=C(C(=O)OC)c1ccccc1C(ON)=C(C)C1CC1(C)c1ccc(Cl)cc1. The number of rotatable bonds is 7. The fraction of sp³-hybridized carbons (Fsp3) is 0.304. The number of oxime groups is 1. The topological polar surface area (TPSA) is 83.1 Å². The Labute approximate surface area is 181 Å². The van der Waals surface area contributed by atoms with Crippen molar-refractivity contribution in [3.8, 4) is 0 Å². The van der Waals surface area contributed by atoms with E-state index in [0.717, 1.165) is 12.0 Å². The fourth-order valence-corrected chi connectivity index (χ4v) is 4.07. The van der Waals surface area contributed by atoms with Crippen molar-refractivity contribution in [1.82, 2.24) is 0 Å². The van der Waals surface area contributed by atoms with Gasteiger partial charge in [-0.2, -0.15) is 5.90 Å². The van der Waals surface area contributed by atoms with Crippen LogP contribution in [0, 0.1) is 5.92 Å². The van der Waals surface area contributed by atoms with Crippen LogP contribution in [0.4, 0.5) is 0 Å². The van der Waals surface area contributed by atoms with Crippen LogP contribution in [-0.4, -0.2) is 25.9 Å². The minimum Gasteiger partial charge on any atom is -0.464 e. The monoisotopic (exact) mass is 428 g/mol. The molecule has 2 atom stereocenters. The number of carbonyl (C=O) groups excluding carboxylic acids is 1. The number of allylic oxidation sites excluding steroid dienone is 1. The highest BCUT2D eigenvalue weighted by atomic mass is 35.5. The lowest BCUT2D eigenvalue weighted by molar-refractivity contribution is -0.132. The predicted octanol–water partition coefficient (Wildman–Crippen LogP) is 4.46. The van der Waals surface area contributed by atoms with E-state index in [9.17, 15) is 4.79 Å². The zero-order chi connectivity index (χ0) is 21.9. The lowest BCUT2D eigenvalue weighted by Gasteiger charge is -2.17. The Bertz CT molecular complexity index is 1000. The second-order valence-electron chi connectivity index (χ2n) is 7.47. The van der Waals surface area contributed by atoms with E-state index in [0.29, 0.717) is 21.9 Å². The minimum absolute atomic E-state index is 0.0363. The van der Waals surface area contributed by atoms with Crippen LogP contribution in [0.15, 0.2) is 59.3 Å². The molecule has 0 bridgehead atoms. The average Bonchev–Trinajstić information content (AvgIpc) is 3.45. The third kappa shape index (κ3) is 4.06. The van der Waals surface area contributed by atoms with Crippen molar-refractivity contribution in [2.45, 2.75) is 25.7 Å². The lowest BCUT2D eigenvalue weighted by Crippen LogP contribution is -2.20. The lowest BCUT2D eigenvalue weighted by atomic mass is 9.91. The Kier molecular flexibility index (Phi) is 6.48. The maximum Gasteiger partial charge on any atom is 0.360 e. The van der Waals surface area contributed by atoms with E-state index in [1.807, 2.05) is 43.3 Å². The molecule has 0 amide bonds. The first-order valence-corrected chi connectivity index (χ1v) is 9.88. The Morgan fingerprint density at radius 1 is 1.13 bits per heavy atom. The number of nitrogens with two attached hydrogens (primary N) is 1. The van der Waals surface area contributed by atoms with Gasteiger partial charge in [-0.25, -0.2) is 4.79 Å². The van der Waals surface area contributed by atoms with E-state index < -0.39 is 5.97 Å². The van der Waals surface area contributed by atoms with Crippen molar-refractivity contribution in [2.75, 3.05) is 14.2 Å². The number of carbonyl (C=O) groups is 1. The van der Waals surface area contributed by atoms with Gasteiger partial charge in [0.25, 0.3) is 0 Å². The molecule has 1 aliphatic carbocycles. The summed E-state index contributed by atoms with van der Waals surface area (Å²) in [5.74, 6) is 5.82. The number of methoxy groups -OCH3 is 1. The normalized spacial score (nSPS) is 21.5. The Morgan fingerprint density at radius 3 is 2.33 bits per heavy atom. The van der Waals surface area contributed by atoms with Crippen LogP contribution in [0.2, 0.25) is 5.02 Å². The van der Waals surface area contributed by atoms with Gasteiger partial charge in [-0.15, -0.1) is 0 Å². The van der Waals surface area contributed by atoms with Gasteiger partial charge < -0.3 is 14.4 Å². The number of nitrogens with zero attached hydrogens (tertiary/aromatic N) is 1. The number of hydrogen-bond donors (Lipinski definition) is 1. The van der Waals surface area contributed by atoms with E-state index >= 15 is 0 Å². The van der Waals surface area contributed by atoms with E-state index in [1.165, 1.54) is 19.8 Å². The molecule has 0 aromatic heterocycles. The largest absolute Gasteiger partial charge is 0.464 e. The van der Waals surface area contributed by atoms with Gasteiger partial charge in [-0.1, -0.05) is 60.1 Å². The summed E-state index contributed by atoms with van der Waals surface area (Å²) >= 11 is 6.04. The molecule has 2 N–H and O–H groups in total. The van der Waals surface area contributed by atoms with E-state index in [-0.39, 0.29) is 17.0 Å². The third-order valence-corrected chi connectivity index (χ3v) is 5.98. The molecule has 1 aliphatic rings. The second-order valence-corrected chi connectivity index (χ2v) is 7.91. The summed E-state index contributed by atoms with van der Waals surface area (Å²) in [4.78, 5) is 22.5. The van der Waals surface area contributed by atoms with Gasteiger partial charge in [0.2, 0.25) is 0 Å². The van der Waals surface area contributed by atoms with Gasteiger partial charge >= 0.3 is 5.97 Å². The molecule has 30 heavy (non-hydrogen) atoms. The van der Waals surface area contributed by atoms with Crippen molar-refractivity contribution >= 4 is 29.0 Å². The number of hydrogen-bond acceptors (Lipinski definition) is 6. The standard InChI is InChI=1S/C23H25ClN2O4/c1-14(19-13-23(19,2)15-9-11-16(24)12-10-15)21(30-25)18-8-6-5-7-17(18)20(26-29-4)22(27)28-3/h5-12,19H,13,25H2,1-4H3. The summed E-state index contributed by atoms with van der Waals surface area (Å²) in [5, 5.41) is 4.57. The molecule has 7 heteroatoms. The van der Waals surface area contributed by atoms with Crippen LogP contribution in [0.3, 0.4) is 0 Å². The molecule has 2 aromatic rings. The smallest absolute Gasteiger partial charge is 0.360 e. The Balaban J connectivity index is 2.04. The zero-order valence-corrected chi connectivity index (χ0v) is 18.2. The van der Waals surface area contributed by atoms with Crippen molar-refractivity contribution in [2.24, 2.45) is 17.0 Å². The molecule has 0 saturated heterocycles. The molecule has 1 saturated carbocycles. The molecular weight excluding hydrogens is 404 g/mol. The predicted molar refractivity (Wildman–Crippen MR) is 117 cm³/mol. The van der Waals surface area contributed by atoms with Gasteiger partial charge in [0.15, 0.2) is 11.5 Å². The quantitative estimate of drug-likeness (QED) is 0.304. The minimum atomic E-state index is -0.615. The molecule has 158 valence electrons. The van der Waals surface area contributed by atoms with Crippen molar-refractivity contribution < 1.29 is 19.2 Å². The Morgan fingerprint density at radius 2 is 1.77 bits per heavy atom. The number of benzene rings is 2. The maximum atomic E-state index is 12.3. The summed E-state index contributed by atoms with van der Waals surface area (Å²) in [6.45, 7) is 4.20. The van der Waals surface area contributed by atoms with Crippen LogP contribution in [0.25, 0.3) is 5.76 Å². The summed E-state index contributed by atoms with van der Waals surface area (Å²) in [7, 11) is 2.66. The fourth-order valence-electron chi connectivity index (χ4n) is 3.94. The molecule has 2 aromatic carbocycles. The van der Waals surface area contributed by atoms with Gasteiger partial charge in [-0.3, -0.25) is 0 Å². The molecular formula is C23H25ClN2O4. The highest BCUT2D eigenvalue weighted by Crippen LogP contribution is 2.58. The number of ether oxygens (including phenoxy) is 1. The first kappa shape index (κ1) is 21.9. The molecule has 0 aliphatic heterocycles. The van der Waals surface area contributed by atoms with Crippen LogP contribution in [0.1, 0.15) is 37.0 Å². The average molecular weight is 429 g/mol. The van der Waals surface area contributed by atoms with E-state index in [2.05, 4.69) is 12.1 Å². The highest BCUT2D eigenvalue weighted by Gasteiger charge is 2.53. The van der Waals surface area contributed by atoms with Gasteiger partial charge in [0.05, 0.1) is 7.11 Å². The van der Waals surface area contributed by atoms with Crippen LogP contribution in [-0.2, 0) is 24.6 Å². The molecule has 0 spiro atoms. The molecule has 1 fully saturated rings. The molecule has 3 rings (SSSR count). The van der Waals surface area contributed by atoms with Gasteiger partial charge in [0, 0.05) is 16.1 Å². The molecule has 6 nitrogen and oxygen atoms in total. The summed E-state index contributed by atoms with van der Waals surface area (Å²) in [6.07, 6.45) is 0.950. The van der Waals surface area contributed by atoms with Gasteiger partial charge in [0.1, 0.15) is 7.11 Å². The highest BCUT2D eigenvalue weighted by molar-refractivity contribution is 6.43. The Hall–Kier alpha value is -2.83. The van der Waals surface area contributed by atoms with Crippen LogP contribution in [0.5, 0.6) is 0 Å². The first-order chi connectivity index (χ1) is 14.4. The molecule has 0 heterocycles. The van der Waals surface area contributed by atoms with Crippen LogP contribution < -0.4 is 5.90 Å². The molecule has 0 radical (unpaired) electrons. The van der Waals surface area contributed by atoms with E-state index in [1.54, 1.807) is 12.1 Å². The maximum absolute atomic E-state index is 12.3. The second kappa shape index (κ2) is 8.90.